The Morgan fingerprint density at radius 3 is 2.31 bits per heavy atom. The Balaban J connectivity index is 1.29. The van der Waals surface area contributed by atoms with Gasteiger partial charge in [-0.2, -0.15) is 0 Å². The number of benzene rings is 1. The minimum absolute atomic E-state index is 0.0667. The van der Waals surface area contributed by atoms with Crippen LogP contribution in [0, 0.1) is 37.0 Å². The molecule has 4 saturated carbocycles. The van der Waals surface area contributed by atoms with Crippen molar-refractivity contribution in [2.75, 3.05) is 5.32 Å². The van der Waals surface area contributed by atoms with Gasteiger partial charge in [0.05, 0.1) is 0 Å². The average Bonchev–Trinajstić information content (AvgIpc) is 2.55. The first-order chi connectivity index (χ1) is 12.4. The smallest absolute Gasteiger partial charge is 0.238 e. The summed E-state index contributed by atoms with van der Waals surface area (Å²) < 4.78 is 0. The Bertz CT molecular complexity index is 695. The highest BCUT2D eigenvalue weighted by Gasteiger charge is 2.51. The van der Waals surface area contributed by atoms with Crippen LogP contribution in [0.4, 0.5) is 5.69 Å². The molecule has 0 heterocycles. The molecule has 0 saturated heterocycles. The zero-order valence-electron chi connectivity index (χ0n) is 15.7. The summed E-state index contributed by atoms with van der Waals surface area (Å²) in [6.07, 6.45) is 8.59. The number of hydrogen-bond donors (Lipinski definition) is 3. The summed E-state index contributed by atoms with van der Waals surface area (Å²) in [5.41, 5.74) is 9.22. The van der Waals surface area contributed by atoms with Crippen LogP contribution in [0.25, 0.3) is 0 Å². The van der Waals surface area contributed by atoms with E-state index in [-0.39, 0.29) is 11.3 Å². The van der Waals surface area contributed by atoms with Gasteiger partial charge in [-0.3, -0.25) is 15.6 Å². The number of anilines is 1. The predicted molar refractivity (Wildman–Crippen MR) is 109 cm³/mol. The van der Waals surface area contributed by atoms with Crippen molar-refractivity contribution in [1.29, 1.82) is 0 Å². The number of thiocarbonyl (C=S) groups is 1. The molecule has 0 unspecified atom stereocenters. The molecule has 1 aromatic carbocycles. The third-order valence-electron chi connectivity index (χ3n) is 6.66. The first-order valence-corrected chi connectivity index (χ1v) is 10.2. The molecule has 4 aliphatic rings. The van der Waals surface area contributed by atoms with Crippen molar-refractivity contribution in [3.63, 3.8) is 0 Å². The highest BCUT2D eigenvalue weighted by molar-refractivity contribution is 7.80. The van der Waals surface area contributed by atoms with Gasteiger partial charge in [-0.05, 0) is 105 Å². The van der Waals surface area contributed by atoms with E-state index in [2.05, 4.69) is 34.4 Å². The lowest BCUT2D eigenvalue weighted by atomic mass is 9.49. The van der Waals surface area contributed by atoms with Gasteiger partial charge in [0.2, 0.25) is 5.91 Å². The van der Waals surface area contributed by atoms with Crippen LogP contribution in [0.5, 0.6) is 0 Å². The summed E-state index contributed by atoms with van der Waals surface area (Å²) in [6.45, 7) is 4.09. The van der Waals surface area contributed by atoms with E-state index in [1.165, 1.54) is 44.1 Å². The van der Waals surface area contributed by atoms with Crippen molar-refractivity contribution in [1.82, 2.24) is 10.9 Å². The summed E-state index contributed by atoms with van der Waals surface area (Å²) in [4.78, 5) is 12.5. The van der Waals surface area contributed by atoms with E-state index in [0.717, 1.165) is 29.0 Å². The number of aryl methyl sites for hydroxylation is 2. The van der Waals surface area contributed by atoms with Gasteiger partial charge in [-0.25, -0.2) is 0 Å². The van der Waals surface area contributed by atoms with Crippen molar-refractivity contribution in [2.45, 2.75) is 58.8 Å². The molecule has 4 aliphatic carbocycles. The predicted octanol–water partition coefficient (Wildman–Crippen LogP) is 4.23. The van der Waals surface area contributed by atoms with E-state index in [4.69, 9.17) is 12.2 Å². The van der Waals surface area contributed by atoms with Crippen LogP contribution in [-0.4, -0.2) is 11.0 Å². The lowest BCUT2D eigenvalue weighted by molar-refractivity contribution is -0.129. The number of hydrazine groups is 1. The fourth-order valence-corrected chi connectivity index (χ4v) is 6.20. The van der Waals surface area contributed by atoms with Crippen molar-refractivity contribution >= 4 is 28.9 Å². The Morgan fingerprint density at radius 2 is 1.69 bits per heavy atom. The van der Waals surface area contributed by atoms with Gasteiger partial charge in [0.1, 0.15) is 0 Å². The van der Waals surface area contributed by atoms with Crippen molar-refractivity contribution in [3.8, 4) is 0 Å². The number of nitrogens with one attached hydrogen (secondary N) is 3. The third kappa shape index (κ3) is 3.73. The molecule has 4 nitrogen and oxygen atoms in total. The van der Waals surface area contributed by atoms with Crippen LogP contribution >= 0.6 is 12.2 Å². The van der Waals surface area contributed by atoms with E-state index in [1.54, 1.807) is 0 Å². The largest absolute Gasteiger partial charge is 0.331 e. The molecule has 5 rings (SSSR count). The molecule has 0 aliphatic heterocycles. The molecule has 0 spiro atoms. The van der Waals surface area contributed by atoms with E-state index in [1.807, 2.05) is 13.8 Å². The molecule has 0 atom stereocenters. The topological polar surface area (TPSA) is 53.2 Å². The van der Waals surface area contributed by atoms with Crippen LogP contribution in [0.3, 0.4) is 0 Å². The third-order valence-corrected chi connectivity index (χ3v) is 6.86. The van der Waals surface area contributed by atoms with Crippen LogP contribution in [-0.2, 0) is 4.79 Å². The molecule has 140 valence electrons. The molecular weight excluding hydrogens is 342 g/mol. The van der Waals surface area contributed by atoms with Gasteiger partial charge < -0.3 is 5.32 Å². The molecule has 5 heteroatoms. The number of carbonyl (C=O) groups excluding carboxylic acids is 1. The summed E-state index contributed by atoms with van der Waals surface area (Å²) in [6, 6.07) is 6.19. The molecule has 4 fully saturated rings. The lowest BCUT2D eigenvalue weighted by Crippen LogP contribution is -2.50. The lowest BCUT2D eigenvalue weighted by Gasteiger charge is -2.56. The summed E-state index contributed by atoms with van der Waals surface area (Å²) in [5, 5.41) is 3.60. The average molecular weight is 372 g/mol. The normalized spacial score (nSPS) is 31.5. The number of amides is 1. The van der Waals surface area contributed by atoms with E-state index < -0.39 is 0 Å². The second-order valence-electron chi connectivity index (χ2n) is 9.04. The van der Waals surface area contributed by atoms with Gasteiger partial charge in [-0.1, -0.05) is 12.1 Å². The highest BCUT2D eigenvalue weighted by atomic mass is 32.1. The second-order valence-corrected chi connectivity index (χ2v) is 9.45. The molecule has 26 heavy (non-hydrogen) atoms. The summed E-state index contributed by atoms with van der Waals surface area (Å²) >= 11 is 5.34. The maximum atomic E-state index is 12.5. The zero-order chi connectivity index (χ0) is 18.3. The minimum atomic E-state index is 0.0667. The summed E-state index contributed by atoms with van der Waals surface area (Å²) in [5.74, 6) is 2.68. The maximum absolute atomic E-state index is 12.5. The van der Waals surface area contributed by atoms with E-state index >= 15 is 0 Å². The minimum Gasteiger partial charge on any atom is -0.331 e. The maximum Gasteiger partial charge on any atom is 0.238 e. The van der Waals surface area contributed by atoms with Crippen LogP contribution < -0.4 is 16.2 Å². The first-order valence-electron chi connectivity index (χ1n) is 9.84. The van der Waals surface area contributed by atoms with Gasteiger partial charge in [-0.15, -0.1) is 0 Å². The van der Waals surface area contributed by atoms with Gasteiger partial charge in [0, 0.05) is 12.1 Å². The Hall–Kier alpha value is -1.62. The van der Waals surface area contributed by atoms with Crippen molar-refractivity contribution < 1.29 is 4.79 Å². The van der Waals surface area contributed by atoms with Crippen molar-refractivity contribution in [3.05, 3.63) is 29.3 Å². The highest BCUT2D eigenvalue weighted by Crippen LogP contribution is 2.61. The number of hydrogen-bond acceptors (Lipinski definition) is 2. The van der Waals surface area contributed by atoms with Crippen LogP contribution in [0.1, 0.15) is 56.1 Å². The standard InChI is InChI=1S/C21H29N3OS/c1-13-3-4-14(2)18(5-13)22-20(26)24-23-19(25)12-21-9-15-6-16(10-21)8-17(7-15)11-21/h3-5,15-17H,6-12H2,1-2H3,(H,23,25)(H2,22,24,26). The van der Waals surface area contributed by atoms with Crippen LogP contribution in [0.15, 0.2) is 18.2 Å². The molecule has 0 aromatic heterocycles. The fourth-order valence-electron chi connectivity index (χ4n) is 6.04. The number of carbonyl (C=O) groups is 1. The summed E-state index contributed by atoms with van der Waals surface area (Å²) in [7, 11) is 0. The van der Waals surface area contributed by atoms with E-state index in [9.17, 15) is 4.79 Å². The SMILES string of the molecule is Cc1ccc(C)c(NC(=S)NNC(=O)CC23CC4CC(CC(C4)C2)C3)c1. The van der Waals surface area contributed by atoms with Gasteiger partial charge in [0.15, 0.2) is 5.11 Å². The van der Waals surface area contributed by atoms with Gasteiger partial charge in [0.25, 0.3) is 0 Å². The first kappa shape index (κ1) is 17.8. The fraction of sp³-hybridized carbons (Fsp3) is 0.619. The Kier molecular flexibility index (Phi) is 4.68. The second kappa shape index (κ2) is 6.84. The molecule has 1 aromatic rings. The zero-order valence-corrected chi connectivity index (χ0v) is 16.5. The monoisotopic (exact) mass is 371 g/mol. The molecular formula is C21H29N3OS. The van der Waals surface area contributed by atoms with Crippen LogP contribution in [0.2, 0.25) is 0 Å². The van der Waals surface area contributed by atoms with Gasteiger partial charge >= 0.3 is 0 Å². The molecule has 3 N–H and O–H groups in total. The Morgan fingerprint density at radius 1 is 1.08 bits per heavy atom. The Labute approximate surface area is 161 Å². The molecule has 1 amide bonds. The van der Waals surface area contributed by atoms with Crippen molar-refractivity contribution in [2.24, 2.45) is 23.2 Å². The number of rotatable bonds is 3. The molecule has 4 bridgehead atoms. The molecule has 0 radical (unpaired) electrons. The quantitative estimate of drug-likeness (QED) is 0.550. The van der Waals surface area contributed by atoms with E-state index in [0.29, 0.717) is 11.5 Å².